The van der Waals surface area contributed by atoms with Crippen molar-refractivity contribution >= 4 is 5.65 Å². The van der Waals surface area contributed by atoms with Gasteiger partial charge in [0.15, 0.2) is 0 Å². The Balaban J connectivity index is 1.39. The Morgan fingerprint density at radius 3 is 2.62 bits per heavy atom. The minimum atomic E-state index is 0.00710. The van der Waals surface area contributed by atoms with E-state index in [0.717, 1.165) is 42.5 Å². The smallest absolute Gasteiger partial charge is 0.258 e. The Hall–Kier alpha value is -2.46. The van der Waals surface area contributed by atoms with Crippen LogP contribution >= 0.6 is 0 Å². The van der Waals surface area contributed by atoms with Crippen LogP contribution in [0.2, 0.25) is 0 Å². The zero-order valence-corrected chi connectivity index (χ0v) is 15.3. The van der Waals surface area contributed by atoms with Crippen LogP contribution in [0.1, 0.15) is 29.7 Å². The van der Waals surface area contributed by atoms with Crippen LogP contribution < -0.4 is 5.56 Å². The summed E-state index contributed by atoms with van der Waals surface area (Å²) in [5.41, 5.74) is 4.12. The van der Waals surface area contributed by atoms with E-state index in [2.05, 4.69) is 40.2 Å². The molecule has 3 aromatic rings. The van der Waals surface area contributed by atoms with Crippen LogP contribution in [-0.2, 0) is 13.0 Å². The molecule has 1 fully saturated rings. The van der Waals surface area contributed by atoms with Gasteiger partial charge in [-0.25, -0.2) is 4.98 Å². The van der Waals surface area contributed by atoms with Crippen molar-refractivity contribution < 1.29 is 0 Å². The largest absolute Gasteiger partial charge is 0.297 e. The molecule has 4 rings (SSSR count). The first-order chi connectivity index (χ1) is 12.7. The molecular formula is C22H25N3O. The molecule has 0 spiro atoms. The molecule has 3 heterocycles. The van der Waals surface area contributed by atoms with Gasteiger partial charge in [-0.2, -0.15) is 0 Å². The van der Waals surface area contributed by atoms with Crippen molar-refractivity contribution in [2.24, 2.45) is 5.92 Å². The van der Waals surface area contributed by atoms with Crippen molar-refractivity contribution in [1.82, 2.24) is 14.3 Å². The van der Waals surface area contributed by atoms with E-state index in [9.17, 15) is 4.79 Å². The van der Waals surface area contributed by atoms with E-state index < -0.39 is 0 Å². The number of aromatic nitrogens is 2. The Labute approximate surface area is 154 Å². The Bertz CT molecular complexity index is 941. The zero-order chi connectivity index (χ0) is 17.9. The van der Waals surface area contributed by atoms with Gasteiger partial charge in [-0.1, -0.05) is 36.4 Å². The standard InChI is InChI=1S/C22H25N3O/c1-17-7-8-21-23-20(14-22(26)25(21)15-17)16-24-11-9-19(10-12-24)13-18-5-3-2-4-6-18/h2-8,14-15,19H,9-13,16H2,1H3. The fraction of sp³-hybridized carbons (Fsp3) is 0.364. The average Bonchev–Trinajstić information content (AvgIpc) is 2.65. The second-order valence-electron chi connectivity index (χ2n) is 7.43. The van der Waals surface area contributed by atoms with Crippen LogP contribution in [0.4, 0.5) is 0 Å². The first-order valence-electron chi connectivity index (χ1n) is 9.42. The highest BCUT2D eigenvalue weighted by molar-refractivity contribution is 5.39. The molecule has 4 nitrogen and oxygen atoms in total. The molecule has 1 aromatic carbocycles. The third kappa shape index (κ3) is 3.86. The molecule has 0 bridgehead atoms. The number of aryl methyl sites for hydroxylation is 1. The third-order valence-corrected chi connectivity index (χ3v) is 5.32. The fourth-order valence-electron chi connectivity index (χ4n) is 3.86. The molecule has 0 N–H and O–H groups in total. The predicted molar refractivity (Wildman–Crippen MR) is 104 cm³/mol. The molecule has 1 aliphatic heterocycles. The lowest BCUT2D eigenvalue weighted by molar-refractivity contribution is 0.175. The SMILES string of the molecule is Cc1ccc2nc(CN3CCC(Cc4ccccc4)CC3)cc(=O)n2c1. The van der Waals surface area contributed by atoms with Crippen LogP contribution in [0.15, 0.2) is 59.5 Å². The molecule has 4 heteroatoms. The van der Waals surface area contributed by atoms with Gasteiger partial charge >= 0.3 is 0 Å². The number of nitrogens with zero attached hydrogens (tertiary/aromatic N) is 3. The summed E-state index contributed by atoms with van der Waals surface area (Å²) < 4.78 is 1.63. The minimum Gasteiger partial charge on any atom is -0.297 e. The summed E-state index contributed by atoms with van der Waals surface area (Å²) in [6, 6.07) is 16.4. The quantitative estimate of drug-likeness (QED) is 0.725. The van der Waals surface area contributed by atoms with Gasteiger partial charge < -0.3 is 0 Å². The van der Waals surface area contributed by atoms with Gasteiger partial charge in [0.25, 0.3) is 5.56 Å². The van der Waals surface area contributed by atoms with Crippen LogP contribution in [0.3, 0.4) is 0 Å². The summed E-state index contributed by atoms with van der Waals surface area (Å²) in [4.78, 5) is 19.5. The molecule has 0 saturated carbocycles. The number of piperidine rings is 1. The van der Waals surface area contributed by atoms with Crippen molar-refractivity contribution in [1.29, 1.82) is 0 Å². The number of benzene rings is 1. The zero-order valence-electron chi connectivity index (χ0n) is 15.3. The Morgan fingerprint density at radius 2 is 1.85 bits per heavy atom. The summed E-state index contributed by atoms with van der Waals surface area (Å²) in [5.74, 6) is 0.756. The lowest BCUT2D eigenvalue weighted by atomic mass is 9.90. The molecular weight excluding hydrogens is 322 g/mol. The Morgan fingerprint density at radius 1 is 1.08 bits per heavy atom. The molecule has 1 saturated heterocycles. The van der Waals surface area contributed by atoms with Crippen LogP contribution in [0.25, 0.3) is 5.65 Å². The maximum atomic E-state index is 12.4. The molecule has 134 valence electrons. The number of hydrogen-bond acceptors (Lipinski definition) is 3. The highest BCUT2D eigenvalue weighted by Crippen LogP contribution is 2.22. The average molecular weight is 347 g/mol. The van der Waals surface area contributed by atoms with Crippen molar-refractivity contribution in [2.45, 2.75) is 32.7 Å². The van der Waals surface area contributed by atoms with Gasteiger partial charge in [0, 0.05) is 18.8 Å². The van der Waals surface area contributed by atoms with Gasteiger partial charge in [-0.15, -0.1) is 0 Å². The number of rotatable bonds is 4. The summed E-state index contributed by atoms with van der Waals surface area (Å²) in [7, 11) is 0. The monoisotopic (exact) mass is 347 g/mol. The number of hydrogen-bond donors (Lipinski definition) is 0. The van der Waals surface area contributed by atoms with Crippen molar-refractivity contribution in [2.75, 3.05) is 13.1 Å². The topological polar surface area (TPSA) is 37.6 Å². The highest BCUT2D eigenvalue weighted by atomic mass is 16.1. The van der Waals surface area contributed by atoms with Crippen molar-refractivity contribution in [3.05, 3.63) is 81.9 Å². The van der Waals surface area contributed by atoms with E-state index in [-0.39, 0.29) is 5.56 Å². The second-order valence-corrected chi connectivity index (χ2v) is 7.43. The lowest BCUT2D eigenvalue weighted by Crippen LogP contribution is -2.34. The van der Waals surface area contributed by atoms with Gasteiger partial charge in [0.2, 0.25) is 0 Å². The highest BCUT2D eigenvalue weighted by Gasteiger charge is 2.20. The van der Waals surface area contributed by atoms with Gasteiger partial charge in [-0.05, 0) is 62.4 Å². The normalized spacial score (nSPS) is 16.2. The van der Waals surface area contributed by atoms with Crippen LogP contribution in [0.5, 0.6) is 0 Å². The molecule has 2 aromatic heterocycles. The van der Waals surface area contributed by atoms with Crippen molar-refractivity contribution in [3.63, 3.8) is 0 Å². The van der Waals surface area contributed by atoms with Gasteiger partial charge in [0.1, 0.15) is 5.65 Å². The van der Waals surface area contributed by atoms with Gasteiger partial charge in [0.05, 0.1) is 5.69 Å². The number of pyridine rings is 1. The second kappa shape index (κ2) is 7.42. The fourth-order valence-corrected chi connectivity index (χ4v) is 3.86. The first kappa shape index (κ1) is 17.0. The van der Waals surface area contributed by atoms with Gasteiger partial charge in [-0.3, -0.25) is 14.1 Å². The first-order valence-corrected chi connectivity index (χ1v) is 9.42. The molecule has 0 radical (unpaired) electrons. The molecule has 1 aliphatic rings. The van der Waals surface area contributed by atoms with E-state index in [0.29, 0.717) is 0 Å². The molecule has 26 heavy (non-hydrogen) atoms. The predicted octanol–water partition coefficient (Wildman–Crippen LogP) is 3.46. The van der Waals surface area contributed by atoms with E-state index >= 15 is 0 Å². The third-order valence-electron chi connectivity index (χ3n) is 5.32. The Kier molecular flexibility index (Phi) is 4.85. The van der Waals surface area contributed by atoms with E-state index in [1.807, 2.05) is 25.3 Å². The van der Waals surface area contributed by atoms with Crippen LogP contribution in [-0.4, -0.2) is 27.4 Å². The number of fused-ring (bicyclic) bond motifs is 1. The maximum Gasteiger partial charge on any atom is 0.258 e. The van der Waals surface area contributed by atoms with E-state index in [4.69, 9.17) is 0 Å². The lowest BCUT2D eigenvalue weighted by Gasteiger charge is -2.31. The van der Waals surface area contributed by atoms with Crippen LogP contribution in [0, 0.1) is 12.8 Å². The summed E-state index contributed by atoms with van der Waals surface area (Å²) >= 11 is 0. The van der Waals surface area contributed by atoms with Crippen molar-refractivity contribution in [3.8, 4) is 0 Å². The maximum absolute atomic E-state index is 12.4. The number of likely N-dealkylation sites (tertiary alicyclic amines) is 1. The van der Waals surface area contributed by atoms with E-state index in [1.165, 1.54) is 24.8 Å². The minimum absolute atomic E-state index is 0.00710. The summed E-state index contributed by atoms with van der Waals surface area (Å²) in [6.07, 6.45) is 5.44. The molecule has 0 aliphatic carbocycles. The molecule has 0 atom stereocenters. The molecule has 0 amide bonds. The van der Waals surface area contributed by atoms with E-state index in [1.54, 1.807) is 10.5 Å². The summed E-state index contributed by atoms with van der Waals surface area (Å²) in [6.45, 7) is 4.90. The molecule has 0 unspecified atom stereocenters. The summed E-state index contributed by atoms with van der Waals surface area (Å²) in [5, 5.41) is 0.